The van der Waals surface area contributed by atoms with Gasteiger partial charge in [-0.15, -0.1) is 0 Å². The van der Waals surface area contributed by atoms with E-state index >= 15 is 0 Å². The van der Waals surface area contributed by atoms with Crippen LogP contribution in [0.1, 0.15) is 33.1 Å². The molecule has 0 aromatic carbocycles. The van der Waals surface area contributed by atoms with Crippen LogP contribution >= 0.6 is 11.3 Å². The van der Waals surface area contributed by atoms with Crippen molar-refractivity contribution < 1.29 is 0 Å². The van der Waals surface area contributed by atoms with E-state index in [0.29, 0.717) is 6.04 Å². The van der Waals surface area contributed by atoms with E-state index in [9.17, 15) is 0 Å². The molecule has 2 heterocycles. The summed E-state index contributed by atoms with van der Waals surface area (Å²) in [6.45, 7) is 8.44. The van der Waals surface area contributed by atoms with Gasteiger partial charge in [-0.3, -0.25) is 0 Å². The van der Waals surface area contributed by atoms with E-state index in [1.54, 1.807) is 11.3 Å². The summed E-state index contributed by atoms with van der Waals surface area (Å²) in [7, 11) is 0. The largest absolute Gasteiger partial charge is 0.382 e. The van der Waals surface area contributed by atoms with Crippen LogP contribution in [0.2, 0.25) is 0 Å². The summed E-state index contributed by atoms with van der Waals surface area (Å²) < 4.78 is 0. The fourth-order valence-corrected chi connectivity index (χ4v) is 3.34. The number of anilines is 1. The molecule has 1 aliphatic rings. The van der Waals surface area contributed by atoms with Crippen molar-refractivity contribution in [1.82, 2.24) is 4.90 Å². The van der Waals surface area contributed by atoms with E-state index < -0.39 is 0 Å². The molecule has 17 heavy (non-hydrogen) atoms. The van der Waals surface area contributed by atoms with Crippen LogP contribution in [0, 0.1) is 5.92 Å². The third-order valence-corrected chi connectivity index (χ3v) is 4.39. The van der Waals surface area contributed by atoms with Gasteiger partial charge < -0.3 is 10.2 Å². The Bertz CT molecular complexity index is 308. The number of nitrogens with zero attached hydrogens (tertiary/aromatic N) is 1. The quantitative estimate of drug-likeness (QED) is 0.860. The predicted molar refractivity (Wildman–Crippen MR) is 76.9 cm³/mol. The van der Waals surface area contributed by atoms with E-state index in [0.717, 1.165) is 5.92 Å². The van der Waals surface area contributed by atoms with E-state index in [1.807, 2.05) is 0 Å². The summed E-state index contributed by atoms with van der Waals surface area (Å²) in [4.78, 5) is 2.62. The average molecular weight is 252 g/mol. The Morgan fingerprint density at radius 1 is 1.59 bits per heavy atom. The van der Waals surface area contributed by atoms with Crippen molar-refractivity contribution >= 4 is 17.0 Å². The van der Waals surface area contributed by atoms with Gasteiger partial charge in [-0.25, -0.2) is 0 Å². The van der Waals surface area contributed by atoms with Crippen molar-refractivity contribution in [3.63, 3.8) is 0 Å². The molecule has 0 amide bonds. The average Bonchev–Trinajstić information content (AvgIpc) is 2.83. The van der Waals surface area contributed by atoms with E-state index in [1.165, 1.54) is 44.6 Å². The molecular weight excluding hydrogens is 228 g/mol. The minimum absolute atomic E-state index is 0.587. The van der Waals surface area contributed by atoms with Gasteiger partial charge in [0.05, 0.1) is 0 Å². The summed E-state index contributed by atoms with van der Waals surface area (Å²) in [5.41, 5.74) is 1.29. The summed E-state index contributed by atoms with van der Waals surface area (Å²) in [6.07, 6.45) is 4.01. The fraction of sp³-hybridized carbons (Fsp3) is 0.714. The Balaban J connectivity index is 1.84. The fourth-order valence-electron chi connectivity index (χ4n) is 2.75. The molecule has 3 heteroatoms. The molecule has 1 aliphatic heterocycles. The minimum atomic E-state index is 0.587. The molecule has 0 saturated carbocycles. The Hall–Kier alpha value is -0.540. The summed E-state index contributed by atoms with van der Waals surface area (Å²) >= 11 is 1.76. The highest BCUT2D eigenvalue weighted by Gasteiger charge is 2.24. The first-order valence-electron chi connectivity index (χ1n) is 6.80. The number of piperidine rings is 1. The minimum Gasteiger partial charge on any atom is -0.382 e. The monoisotopic (exact) mass is 252 g/mol. The van der Waals surface area contributed by atoms with Crippen LogP contribution in [0.4, 0.5) is 5.69 Å². The van der Waals surface area contributed by atoms with Gasteiger partial charge in [0.2, 0.25) is 0 Å². The molecule has 2 unspecified atom stereocenters. The van der Waals surface area contributed by atoms with Crippen molar-refractivity contribution in [1.29, 1.82) is 0 Å². The number of rotatable bonds is 5. The van der Waals surface area contributed by atoms with Gasteiger partial charge in [0.15, 0.2) is 0 Å². The molecule has 96 valence electrons. The third kappa shape index (κ3) is 3.71. The molecule has 0 bridgehead atoms. The van der Waals surface area contributed by atoms with Gasteiger partial charge in [0.25, 0.3) is 0 Å². The first-order valence-corrected chi connectivity index (χ1v) is 7.75. The molecule has 0 aliphatic carbocycles. The van der Waals surface area contributed by atoms with Gasteiger partial charge in [-0.2, -0.15) is 11.3 Å². The van der Waals surface area contributed by atoms with Crippen molar-refractivity contribution in [2.75, 3.05) is 25.0 Å². The molecule has 2 nitrogen and oxygen atoms in total. The highest BCUT2D eigenvalue weighted by Crippen LogP contribution is 2.23. The van der Waals surface area contributed by atoms with E-state index in [-0.39, 0.29) is 0 Å². The lowest BCUT2D eigenvalue weighted by atomic mass is 9.91. The zero-order valence-corrected chi connectivity index (χ0v) is 11.8. The van der Waals surface area contributed by atoms with Gasteiger partial charge in [0, 0.05) is 23.7 Å². The molecule has 1 aromatic rings. The molecule has 2 atom stereocenters. The normalized spacial score (nSPS) is 23.5. The molecule has 0 spiro atoms. The molecule has 2 rings (SSSR count). The molecular formula is C14H24N2S. The lowest BCUT2D eigenvalue weighted by molar-refractivity contribution is 0.165. The van der Waals surface area contributed by atoms with Crippen molar-refractivity contribution in [3.8, 4) is 0 Å². The van der Waals surface area contributed by atoms with Crippen LogP contribution in [0.25, 0.3) is 0 Å². The van der Waals surface area contributed by atoms with Crippen molar-refractivity contribution in [2.24, 2.45) is 5.92 Å². The summed E-state index contributed by atoms with van der Waals surface area (Å²) in [6, 6.07) is 2.76. The number of hydrogen-bond donors (Lipinski definition) is 1. The smallest absolute Gasteiger partial charge is 0.0450 e. The Morgan fingerprint density at radius 3 is 3.18 bits per heavy atom. The maximum atomic E-state index is 3.64. The van der Waals surface area contributed by atoms with Gasteiger partial charge in [-0.1, -0.05) is 6.92 Å². The lowest BCUT2D eigenvalue weighted by Gasteiger charge is -2.36. The number of likely N-dealkylation sites (tertiary alicyclic amines) is 1. The van der Waals surface area contributed by atoms with Gasteiger partial charge >= 0.3 is 0 Å². The lowest BCUT2D eigenvalue weighted by Crippen LogP contribution is -2.42. The van der Waals surface area contributed by atoms with Crippen LogP contribution in [0.3, 0.4) is 0 Å². The highest BCUT2D eigenvalue weighted by molar-refractivity contribution is 7.08. The van der Waals surface area contributed by atoms with Crippen LogP contribution < -0.4 is 5.32 Å². The first-order chi connectivity index (χ1) is 8.29. The van der Waals surface area contributed by atoms with E-state index in [4.69, 9.17) is 0 Å². The number of hydrogen-bond acceptors (Lipinski definition) is 3. The Labute approximate surface area is 109 Å². The molecule has 1 aromatic heterocycles. The predicted octanol–water partition coefficient (Wildman–Crippen LogP) is 3.67. The maximum absolute atomic E-state index is 3.64. The van der Waals surface area contributed by atoms with Crippen LogP contribution in [-0.2, 0) is 0 Å². The Morgan fingerprint density at radius 2 is 2.47 bits per heavy atom. The second-order valence-electron chi connectivity index (χ2n) is 5.15. The first kappa shape index (κ1) is 12.9. The zero-order chi connectivity index (χ0) is 12.1. The SMILES string of the molecule is CCCN1CCCC(C(C)Nc2ccsc2)C1. The number of thiophene rings is 1. The van der Waals surface area contributed by atoms with Crippen molar-refractivity contribution in [2.45, 2.75) is 39.2 Å². The second kappa shape index (κ2) is 6.41. The van der Waals surface area contributed by atoms with Crippen LogP contribution in [-0.4, -0.2) is 30.6 Å². The Kier molecular flexibility index (Phi) is 4.86. The molecule has 1 saturated heterocycles. The van der Waals surface area contributed by atoms with Crippen molar-refractivity contribution in [3.05, 3.63) is 16.8 Å². The summed E-state index contributed by atoms with van der Waals surface area (Å²) in [5.74, 6) is 0.801. The van der Waals surface area contributed by atoms with Gasteiger partial charge in [0.1, 0.15) is 0 Å². The standard InChI is InChI=1S/C14H24N2S/c1-3-7-16-8-4-5-13(10-16)12(2)15-14-6-9-17-11-14/h6,9,11-13,15H,3-5,7-8,10H2,1-2H3. The topological polar surface area (TPSA) is 15.3 Å². The molecule has 0 radical (unpaired) electrons. The molecule has 1 N–H and O–H groups in total. The molecule has 1 fully saturated rings. The van der Waals surface area contributed by atoms with Crippen LogP contribution in [0.15, 0.2) is 16.8 Å². The highest BCUT2D eigenvalue weighted by atomic mass is 32.1. The second-order valence-corrected chi connectivity index (χ2v) is 5.93. The number of nitrogens with one attached hydrogen (secondary N) is 1. The zero-order valence-electron chi connectivity index (χ0n) is 11.0. The van der Waals surface area contributed by atoms with Gasteiger partial charge in [-0.05, 0) is 56.6 Å². The maximum Gasteiger partial charge on any atom is 0.0450 e. The summed E-state index contributed by atoms with van der Waals surface area (Å²) in [5, 5.41) is 7.97. The van der Waals surface area contributed by atoms with E-state index in [2.05, 4.69) is 40.9 Å². The third-order valence-electron chi connectivity index (χ3n) is 3.70. The van der Waals surface area contributed by atoms with Crippen LogP contribution in [0.5, 0.6) is 0 Å².